The molecule has 0 radical (unpaired) electrons. The van der Waals surface area contributed by atoms with Crippen molar-refractivity contribution in [3.05, 3.63) is 47.3 Å². The molecule has 2 aromatic rings. The molecule has 0 bridgehead atoms. The Labute approximate surface area is 225 Å². The molecule has 1 aromatic heterocycles. The van der Waals surface area contributed by atoms with Gasteiger partial charge in [0.2, 0.25) is 5.91 Å². The van der Waals surface area contributed by atoms with Gasteiger partial charge in [-0.15, -0.1) is 11.3 Å². The van der Waals surface area contributed by atoms with E-state index in [1.54, 1.807) is 17.5 Å². The van der Waals surface area contributed by atoms with Crippen molar-refractivity contribution < 1.29 is 31.5 Å². The number of rotatable bonds is 7. The van der Waals surface area contributed by atoms with Crippen LogP contribution < -0.4 is 10.2 Å². The fourth-order valence-electron chi connectivity index (χ4n) is 5.15. The molecule has 2 N–H and O–H groups in total. The maximum absolute atomic E-state index is 13.3. The van der Waals surface area contributed by atoms with Gasteiger partial charge in [0.05, 0.1) is 12.1 Å². The summed E-state index contributed by atoms with van der Waals surface area (Å²) in [7, 11) is -3.71. The van der Waals surface area contributed by atoms with Gasteiger partial charge in [-0.1, -0.05) is 32.0 Å². The summed E-state index contributed by atoms with van der Waals surface area (Å²) in [6.07, 6.45) is -4.83. The zero-order valence-corrected chi connectivity index (χ0v) is 23.1. The molecule has 210 valence electrons. The van der Waals surface area contributed by atoms with Gasteiger partial charge in [0.15, 0.2) is 5.60 Å². The maximum atomic E-state index is 13.3. The van der Waals surface area contributed by atoms with Gasteiger partial charge >= 0.3 is 6.18 Å². The van der Waals surface area contributed by atoms with E-state index in [4.69, 9.17) is 0 Å². The molecule has 13 heteroatoms. The van der Waals surface area contributed by atoms with Crippen LogP contribution in [0.3, 0.4) is 0 Å². The molecule has 2 fully saturated rings. The monoisotopic (exact) mass is 574 g/mol. The Morgan fingerprint density at radius 3 is 2.39 bits per heavy atom. The second kappa shape index (κ2) is 10.8. The number of aliphatic hydroxyl groups is 1. The molecule has 38 heavy (non-hydrogen) atoms. The second-order valence-electron chi connectivity index (χ2n) is 10.2. The Balaban J connectivity index is 1.64. The van der Waals surface area contributed by atoms with Crippen molar-refractivity contribution in [3.63, 3.8) is 0 Å². The Bertz CT molecular complexity index is 1220. The molecule has 3 heterocycles. The number of nitrogens with zero attached hydrogens (tertiary/aromatic N) is 3. The van der Waals surface area contributed by atoms with Crippen molar-refractivity contribution >= 4 is 33.0 Å². The van der Waals surface area contributed by atoms with E-state index in [1.165, 1.54) is 28.6 Å². The van der Waals surface area contributed by atoms with Crippen LogP contribution in [0.5, 0.6) is 0 Å². The summed E-state index contributed by atoms with van der Waals surface area (Å²) in [5, 5.41) is 14.7. The lowest BCUT2D eigenvalue weighted by atomic mass is 9.95. The summed E-state index contributed by atoms with van der Waals surface area (Å²) < 4.78 is 68.3. The van der Waals surface area contributed by atoms with Gasteiger partial charge in [-0.25, -0.2) is 8.42 Å². The zero-order chi connectivity index (χ0) is 27.9. The average molecular weight is 575 g/mol. The average Bonchev–Trinajstić information content (AvgIpc) is 3.39. The Morgan fingerprint density at radius 2 is 1.82 bits per heavy atom. The number of hydrogen-bond acceptors (Lipinski definition) is 7. The predicted molar refractivity (Wildman–Crippen MR) is 139 cm³/mol. The van der Waals surface area contributed by atoms with Crippen LogP contribution in [-0.2, 0) is 20.4 Å². The first-order valence-corrected chi connectivity index (χ1v) is 14.8. The molecule has 4 rings (SSSR count). The Kier molecular flexibility index (Phi) is 8.16. The SMILES string of the molecule is CC(C)[C@@H]1C(=O)NCCN1C[C@H]1CN(S(=O)(=O)c2cccs2)CCN1c1ccc([C@@](C)(O)C(F)(F)F)cc1. The normalized spacial score (nSPS) is 23.9. The molecule has 1 aromatic carbocycles. The summed E-state index contributed by atoms with van der Waals surface area (Å²) in [6.45, 7) is 6.78. The maximum Gasteiger partial charge on any atom is 0.421 e. The Morgan fingerprint density at radius 1 is 1.13 bits per heavy atom. The van der Waals surface area contributed by atoms with Crippen LogP contribution in [0.25, 0.3) is 0 Å². The standard InChI is InChI=1S/C25H33F3N4O4S2/c1-17(2)22-23(33)29-10-11-30(22)15-20-16-31(38(35,36)21-5-4-14-37-21)12-13-32(20)19-8-6-18(7-9-19)24(3,34)25(26,27)28/h4-9,14,17,20,22,34H,10-13,15-16H2,1-3H3,(H,29,33)/t20-,22+,24+/m0/s1. The van der Waals surface area contributed by atoms with Gasteiger partial charge < -0.3 is 15.3 Å². The summed E-state index contributed by atoms with van der Waals surface area (Å²) in [5.41, 5.74) is -2.66. The third-order valence-corrected chi connectivity index (χ3v) is 10.5. The molecule has 3 atom stereocenters. The number of hydrogen-bond donors (Lipinski definition) is 2. The molecular formula is C25H33F3N4O4S2. The van der Waals surface area contributed by atoms with Crippen molar-refractivity contribution in [3.8, 4) is 0 Å². The molecule has 2 aliphatic rings. The number of thiophene rings is 1. The van der Waals surface area contributed by atoms with E-state index >= 15 is 0 Å². The number of halogens is 3. The first-order chi connectivity index (χ1) is 17.7. The van der Waals surface area contributed by atoms with Gasteiger partial charge in [-0.3, -0.25) is 9.69 Å². The molecule has 0 spiro atoms. The van der Waals surface area contributed by atoms with E-state index in [0.717, 1.165) is 11.3 Å². The zero-order valence-electron chi connectivity index (χ0n) is 21.5. The van der Waals surface area contributed by atoms with E-state index in [9.17, 15) is 31.5 Å². The topological polar surface area (TPSA) is 93.2 Å². The number of nitrogens with one attached hydrogen (secondary N) is 1. The van der Waals surface area contributed by atoms with E-state index in [1.807, 2.05) is 18.7 Å². The van der Waals surface area contributed by atoms with Crippen LogP contribution in [0.1, 0.15) is 26.3 Å². The van der Waals surface area contributed by atoms with E-state index in [0.29, 0.717) is 38.8 Å². The van der Waals surface area contributed by atoms with Crippen LogP contribution in [0.15, 0.2) is 46.0 Å². The highest BCUT2D eigenvalue weighted by Crippen LogP contribution is 2.39. The van der Waals surface area contributed by atoms with Crippen LogP contribution >= 0.6 is 11.3 Å². The minimum absolute atomic E-state index is 0.0298. The van der Waals surface area contributed by atoms with Crippen LogP contribution in [0.4, 0.5) is 18.9 Å². The van der Waals surface area contributed by atoms with Crippen molar-refractivity contribution in [2.24, 2.45) is 5.92 Å². The van der Waals surface area contributed by atoms with Crippen LogP contribution in [0, 0.1) is 5.92 Å². The van der Waals surface area contributed by atoms with Crippen molar-refractivity contribution in [1.29, 1.82) is 0 Å². The molecule has 1 amide bonds. The number of carbonyl (C=O) groups excluding carboxylic acids is 1. The lowest BCUT2D eigenvalue weighted by molar-refractivity contribution is -0.258. The minimum Gasteiger partial charge on any atom is -0.376 e. The first kappa shape index (κ1) is 28.8. The van der Waals surface area contributed by atoms with E-state index in [2.05, 4.69) is 10.2 Å². The summed E-state index contributed by atoms with van der Waals surface area (Å²) in [4.78, 5) is 16.7. The molecule has 2 aliphatic heterocycles. The van der Waals surface area contributed by atoms with Crippen molar-refractivity contribution in [2.75, 3.05) is 44.2 Å². The fourth-order valence-corrected chi connectivity index (χ4v) is 7.77. The number of anilines is 1. The lowest BCUT2D eigenvalue weighted by Crippen LogP contribution is -2.63. The lowest BCUT2D eigenvalue weighted by Gasteiger charge is -2.46. The summed E-state index contributed by atoms with van der Waals surface area (Å²) >= 11 is 1.15. The Hall–Kier alpha value is -2.19. The van der Waals surface area contributed by atoms with Gasteiger partial charge in [0.1, 0.15) is 4.21 Å². The molecule has 0 saturated carbocycles. The molecule has 2 saturated heterocycles. The third-order valence-electron chi connectivity index (χ3n) is 7.28. The smallest absolute Gasteiger partial charge is 0.376 e. The number of carbonyl (C=O) groups is 1. The third kappa shape index (κ3) is 5.57. The number of sulfonamides is 1. The minimum atomic E-state index is -4.83. The van der Waals surface area contributed by atoms with E-state index in [-0.39, 0.29) is 46.8 Å². The molecule has 8 nitrogen and oxygen atoms in total. The molecule has 0 aliphatic carbocycles. The van der Waals surface area contributed by atoms with Gasteiger partial charge in [0, 0.05) is 45.0 Å². The van der Waals surface area contributed by atoms with Gasteiger partial charge in [-0.05, 0) is 42.0 Å². The van der Waals surface area contributed by atoms with Gasteiger partial charge in [0.25, 0.3) is 10.0 Å². The second-order valence-corrected chi connectivity index (χ2v) is 13.3. The molecule has 0 unspecified atom stereocenters. The van der Waals surface area contributed by atoms with Crippen LogP contribution in [-0.4, -0.2) is 86.2 Å². The highest BCUT2D eigenvalue weighted by atomic mass is 32.2. The highest BCUT2D eigenvalue weighted by molar-refractivity contribution is 7.91. The quantitative estimate of drug-likeness (QED) is 0.529. The number of amides is 1. The van der Waals surface area contributed by atoms with E-state index < -0.39 is 21.8 Å². The number of benzene rings is 1. The highest BCUT2D eigenvalue weighted by Gasteiger charge is 2.51. The summed E-state index contributed by atoms with van der Waals surface area (Å²) in [6, 6.07) is 8.06. The number of piperazine rings is 2. The van der Waals surface area contributed by atoms with Gasteiger partial charge in [-0.2, -0.15) is 17.5 Å². The van der Waals surface area contributed by atoms with Crippen LogP contribution in [0.2, 0.25) is 0 Å². The van der Waals surface area contributed by atoms with Crippen molar-refractivity contribution in [2.45, 2.75) is 48.8 Å². The largest absolute Gasteiger partial charge is 0.421 e. The van der Waals surface area contributed by atoms with Crippen molar-refractivity contribution in [1.82, 2.24) is 14.5 Å². The molecular weight excluding hydrogens is 541 g/mol. The fraction of sp³-hybridized carbons (Fsp3) is 0.560. The summed E-state index contributed by atoms with van der Waals surface area (Å²) in [5.74, 6) is -0.0439. The number of alkyl halides is 3. The predicted octanol–water partition coefficient (Wildman–Crippen LogP) is 2.85. The first-order valence-electron chi connectivity index (χ1n) is 12.4.